The highest BCUT2D eigenvalue weighted by atomic mass is 127. The number of nitrogens with one attached hydrogen (secondary N) is 7. The van der Waals surface area contributed by atoms with E-state index in [-0.39, 0.29) is 101 Å². The second-order valence-corrected chi connectivity index (χ2v) is 24.8. The summed E-state index contributed by atoms with van der Waals surface area (Å²) in [7, 11) is 0. The third-order valence-corrected chi connectivity index (χ3v) is 16.1. The second kappa shape index (κ2) is 43.6. The fourth-order valence-electron chi connectivity index (χ4n) is 10.1. The van der Waals surface area contributed by atoms with Crippen molar-refractivity contribution in [3.63, 3.8) is 0 Å². The number of alkyl halides is 6. The molecule has 0 saturated carbocycles. The lowest BCUT2D eigenvalue weighted by Gasteiger charge is -2.31. The lowest BCUT2D eigenvalue weighted by molar-refractivity contribution is -0.193. The molecule has 0 radical (unpaired) electrons. The minimum atomic E-state index is -5.08. The van der Waals surface area contributed by atoms with E-state index in [2.05, 4.69) is 47.2 Å². The third kappa shape index (κ3) is 32.9. The normalized spacial score (nSPS) is 14.3. The number of likely N-dealkylation sites (tertiary alicyclic amines) is 1. The maximum absolute atomic E-state index is 14.8. The summed E-state index contributed by atoms with van der Waals surface area (Å²) < 4.78 is 63.9. The molecule has 0 bridgehead atoms. The molecule has 34 nitrogen and oxygen atoms in total. The molecule has 1 aliphatic heterocycles. The molecule has 24 N–H and O–H groups in total. The Balaban J connectivity index is 0.00000192. The summed E-state index contributed by atoms with van der Waals surface area (Å²) in [5, 5.41) is 42.3. The van der Waals surface area contributed by atoms with E-state index in [1.165, 1.54) is 17.9 Å². The van der Waals surface area contributed by atoms with Gasteiger partial charge in [0.25, 0.3) is 0 Å². The first-order valence-electron chi connectivity index (χ1n) is 32.2. The number of carboxylic acid groups (broad SMARTS) is 2. The smallest absolute Gasteiger partial charge is 0.490 e. The van der Waals surface area contributed by atoms with Crippen LogP contribution in [0.2, 0.25) is 0 Å². The van der Waals surface area contributed by atoms with Crippen LogP contribution in [0, 0.1) is 3.57 Å². The molecule has 582 valence electrons. The van der Waals surface area contributed by atoms with Gasteiger partial charge in [-0.2, -0.15) is 26.3 Å². The van der Waals surface area contributed by atoms with Crippen LogP contribution in [0.15, 0.2) is 113 Å². The number of aromatic hydroxyl groups is 1. The molecule has 4 aromatic rings. The number of carbonyl (C=O) groups is 14. The number of phenolic OH excluding ortho intramolecular Hbond substituents is 1. The van der Waals surface area contributed by atoms with Gasteiger partial charge in [-0.1, -0.05) is 91.0 Å². The van der Waals surface area contributed by atoms with Crippen molar-refractivity contribution in [3.8, 4) is 5.75 Å². The van der Waals surface area contributed by atoms with Crippen molar-refractivity contribution < 1.29 is 109 Å². The zero-order valence-corrected chi connectivity index (χ0v) is 59.3. The minimum absolute atomic E-state index is 0.00442. The number of carboxylic acids is 2. The summed E-state index contributed by atoms with van der Waals surface area (Å²) in [5.41, 5.74) is 41.4. The SMILES string of the molecule is CC(=O)N[C@@H](Cc1ccc(C(=O)c2ccccc2)cc1)C(=O)N[C@@H](Cc1ccccc1)C(=O)N[C@@H](CCC(N)=O)C(=O)N[C@@H](CC(N)=O)C(=O)N[C@@H](CCCN=C(N)N)C(=O)N1CCC[C@H]1C(=O)N[C@@H](CCCN=C(N)N)C(=O)N[C@@H](Cc1ccc(O)c(I)c1)C(N)=O.O=C(O)C(F)(F)F.O=C(O)C(F)(F)F. The third-order valence-electron chi connectivity index (χ3n) is 15.2. The Hall–Kier alpha value is -11.7. The van der Waals surface area contributed by atoms with E-state index in [1.54, 1.807) is 97.1 Å². The highest BCUT2D eigenvalue weighted by Gasteiger charge is 2.42. The molecular formula is C66H82F6IN17O17. The Labute approximate surface area is 620 Å². The van der Waals surface area contributed by atoms with Crippen LogP contribution in [0.5, 0.6) is 5.75 Å². The molecule has 0 unspecified atom stereocenters. The van der Waals surface area contributed by atoms with Gasteiger partial charge in [-0.25, -0.2) is 9.59 Å². The first-order valence-corrected chi connectivity index (χ1v) is 33.3. The number of nitrogens with zero attached hydrogens (tertiary/aromatic N) is 3. The number of rotatable bonds is 36. The Kier molecular flexibility index (Phi) is 36.4. The summed E-state index contributed by atoms with van der Waals surface area (Å²) in [6.45, 7) is 1.16. The van der Waals surface area contributed by atoms with Crippen molar-refractivity contribution in [2.24, 2.45) is 50.1 Å². The summed E-state index contributed by atoms with van der Waals surface area (Å²) >= 11 is 1.90. The van der Waals surface area contributed by atoms with Crippen molar-refractivity contribution in [1.82, 2.24) is 42.1 Å². The van der Waals surface area contributed by atoms with Crippen molar-refractivity contribution in [3.05, 3.63) is 135 Å². The van der Waals surface area contributed by atoms with Crippen molar-refractivity contribution >= 4 is 117 Å². The number of aliphatic carboxylic acids is 2. The molecule has 1 aliphatic rings. The summed E-state index contributed by atoms with van der Waals surface area (Å²) in [6, 6.07) is 16.3. The highest BCUT2D eigenvalue weighted by Crippen LogP contribution is 2.24. The van der Waals surface area contributed by atoms with Gasteiger partial charge in [0.05, 0.1) is 9.99 Å². The van der Waals surface area contributed by atoms with Crippen LogP contribution in [0.25, 0.3) is 0 Å². The van der Waals surface area contributed by atoms with Crippen LogP contribution in [0.1, 0.15) is 97.3 Å². The molecule has 107 heavy (non-hydrogen) atoms. The van der Waals surface area contributed by atoms with Gasteiger partial charge in [-0.05, 0) is 96.4 Å². The van der Waals surface area contributed by atoms with Crippen molar-refractivity contribution in [1.29, 1.82) is 0 Å². The van der Waals surface area contributed by atoms with Crippen LogP contribution in [-0.2, 0) is 81.6 Å². The number of amides is 11. The van der Waals surface area contributed by atoms with Gasteiger partial charge in [-0.15, -0.1) is 0 Å². The predicted molar refractivity (Wildman–Crippen MR) is 377 cm³/mol. The number of carbonyl (C=O) groups excluding carboxylic acids is 12. The number of guanidine groups is 2. The zero-order valence-electron chi connectivity index (χ0n) is 57.1. The van der Waals surface area contributed by atoms with Gasteiger partial charge in [0, 0.05) is 63.4 Å². The lowest BCUT2D eigenvalue weighted by atomic mass is 9.98. The summed E-state index contributed by atoms with van der Waals surface area (Å²) in [6.07, 6.45) is -12.1. The quantitative estimate of drug-likeness (QED) is 0.00626. The Morgan fingerprint density at radius 3 is 1.40 bits per heavy atom. The number of ketones is 1. The number of hydrogen-bond donors (Lipinski definition) is 17. The van der Waals surface area contributed by atoms with E-state index >= 15 is 0 Å². The summed E-state index contributed by atoms with van der Waals surface area (Å²) in [4.78, 5) is 191. The van der Waals surface area contributed by atoms with Crippen LogP contribution in [0.3, 0.4) is 0 Å². The molecule has 0 spiro atoms. The van der Waals surface area contributed by atoms with E-state index in [0.29, 0.717) is 31.4 Å². The van der Waals surface area contributed by atoms with Crippen LogP contribution >= 0.6 is 22.6 Å². The first kappa shape index (κ1) is 89.5. The fraction of sp³-hybridized carbons (Fsp3) is 0.394. The molecule has 4 aromatic carbocycles. The molecule has 1 heterocycles. The number of aliphatic imine (C=N–C) groups is 2. The molecule has 0 aliphatic carbocycles. The van der Waals surface area contributed by atoms with Gasteiger partial charge in [-0.3, -0.25) is 67.5 Å². The number of halogens is 7. The van der Waals surface area contributed by atoms with Crippen molar-refractivity contribution in [2.75, 3.05) is 19.6 Å². The first-order chi connectivity index (χ1) is 50.1. The van der Waals surface area contributed by atoms with Gasteiger partial charge in [0.15, 0.2) is 17.7 Å². The number of phenols is 1. The number of primary amides is 3. The van der Waals surface area contributed by atoms with Gasteiger partial charge >= 0.3 is 24.3 Å². The number of hydrogen-bond acceptors (Lipinski definition) is 17. The van der Waals surface area contributed by atoms with E-state index in [9.17, 15) is 89.0 Å². The Morgan fingerprint density at radius 1 is 0.514 bits per heavy atom. The average molecular weight is 1630 g/mol. The monoisotopic (exact) mass is 1630 g/mol. The fourth-order valence-corrected chi connectivity index (χ4v) is 10.6. The zero-order chi connectivity index (χ0) is 80.5. The second-order valence-electron chi connectivity index (χ2n) is 23.7. The van der Waals surface area contributed by atoms with Crippen LogP contribution in [-0.4, -0.2) is 195 Å². The van der Waals surface area contributed by atoms with E-state index in [0.717, 1.165) is 0 Å². The Bertz CT molecular complexity index is 3830. The molecule has 5 rings (SSSR count). The number of benzene rings is 4. The molecule has 11 amide bonds. The molecule has 1 fully saturated rings. The highest BCUT2D eigenvalue weighted by molar-refractivity contribution is 14.1. The van der Waals surface area contributed by atoms with Gasteiger partial charge in [0.1, 0.15) is 54.1 Å². The molecule has 41 heteroatoms. The van der Waals surface area contributed by atoms with Gasteiger partial charge < -0.3 is 97.6 Å². The topological polar surface area (TPSA) is 594 Å². The molecule has 1 saturated heterocycles. The standard InChI is InChI=1S/C62H80IN17O13.2C2HF3O2/c1-34(81)73-45(31-36-18-21-39(22-19-36)52(85)38-13-6-3-7-14-38)56(89)78-46(30-35-11-4-2-5-12-35)57(90)74-42(23-25-50(64)83)55(88)79-47(33-51(65)84)58(91)76-43(16-9-27-72-62(69)70)60(93)80-28-10-17-48(80)59(92)75-41(15-8-26-71-61(67)68)54(87)77-44(53(66)86)32-37-20-24-49(82)40(63)29-37;2*3-2(4,5)1(6)7/h2-7,11-14,18-22,24,29,41-48,82H,8-10,15-17,23,25-28,30-33H2,1H3,(H2,64,83)(H2,65,84)(H2,66,86)(H,73,81)(H,74,90)(H,75,92)(H,76,91)(H,77,87)(H,78,89)(H,79,88)(H4,67,68,71)(H4,69,70,72);2*(H,6,7)/t41-,42-,43-,44-,45-,46-,47-,48-;;/m0../s1. The largest absolute Gasteiger partial charge is 0.507 e. The maximum atomic E-state index is 14.8. The Morgan fingerprint density at radius 2 is 0.925 bits per heavy atom. The van der Waals surface area contributed by atoms with Crippen molar-refractivity contribution in [2.45, 2.75) is 145 Å². The van der Waals surface area contributed by atoms with Crippen LogP contribution < -0.4 is 77.4 Å². The van der Waals surface area contributed by atoms with E-state index < -0.39 is 157 Å². The molecule has 8 atom stereocenters. The van der Waals surface area contributed by atoms with Gasteiger partial charge in [0.2, 0.25) is 65.0 Å². The van der Waals surface area contributed by atoms with E-state index in [4.69, 9.17) is 59.9 Å². The lowest BCUT2D eigenvalue weighted by Crippen LogP contribution is -2.60. The molecule has 0 aromatic heterocycles. The molecular weight excluding hydrogens is 1540 g/mol. The summed E-state index contributed by atoms with van der Waals surface area (Å²) in [5.74, 6) is -16.2. The number of nitrogens with two attached hydrogens (primary N) is 7. The predicted octanol–water partition coefficient (Wildman–Crippen LogP) is -1.34. The minimum Gasteiger partial charge on any atom is -0.507 e. The van der Waals surface area contributed by atoms with E-state index in [1.807, 2.05) is 22.6 Å². The maximum Gasteiger partial charge on any atom is 0.490 e. The average Bonchev–Trinajstić information content (AvgIpc) is 1.76. The van der Waals surface area contributed by atoms with Crippen LogP contribution in [0.4, 0.5) is 26.3 Å².